The van der Waals surface area contributed by atoms with Crippen LogP contribution >= 0.6 is 11.8 Å². The minimum Gasteiger partial charge on any atom is -0.314 e. The molecule has 90 valence electrons. The van der Waals surface area contributed by atoms with Crippen molar-refractivity contribution in [2.24, 2.45) is 0 Å². The van der Waals surface area contributed by atoms with Crippen LogP contribution in [-0.2, 0) is 0 Å². The average Bonchev–Trinajstić information content (AvgIpc) is 2.33. The van der Waals surface area contributed by atoms with Crippen molar-refractivity contribution in [2.75, 3.05) is 12.3 Å². The molecular weight excluding hydrogens is 216 g/mol. The Bertz CT molecular complexity index is 264. The van der Waals surface area contributed by atoms with Crippen molar-refractivity contribution in [3.05, 3.63) is 24.4 Å². The van der Waals surface area contributed by atoms with Gasteiger partial charge in [-0.3, -0.25) is 0 Å². The van der Waals surface area contributed by atoms with Gasteiger partial charge in [0.25, 0.3) is 0 Å². The Morgan fingerprint density at radius 1 is 1.44 bits per heavy atom. The molecule has 0 saturated heterocycles. The van der Waals surface area contributed by atoms with Crippen molar-refractivity contribution in [1.29, 1.82) is 0 Å². The van der Waals surface area contributed by atoms with Gasteiger partial charge in [0.1, 0.15) is 0 Å². The Hall–Kier alpha value is -0.540. The van der Waals surface area contributed by atoms with Gasteiger partial charge in [-0.1, -0.05) is 13.0 Å². The molecule has 1 rings (SSSR count). The van der Waals surface area contributed by atoms with Gasteiger partial charge in [0, 0.05) is 12.2 Å². The van der Waals surface area contributed by atoms with Crippen LogP contribution in [-0.4, -0.2) is 23.3 Å². The molecule has 0 aliphatic heterocycles. The highest BCUT2D eigenvalue weighted by atomic mass is 32.2. The number of rotatable bonds is 8. The minimum absolute atomic E-state index is 0.643. The fraction of sp³-hybridized carbons (Fsp3) is 0.615. The third-order valence-corrected chi connectivity index (χ3v) is 3.44. The second-order valence-electron chi connectivity index (χ2n) is 4.01. The lowest BCUT2D eigenvalue weighted by Gasteiger charge is -2.12. The summed E-state index contributed by atoms with van der Waals surface area (Å²) in [6.45, 7) is 5.60. The summed E-state index contributed by atoms with van der Waals surface area (Å²) >= 11 is 1.85. The van der Waals surface area contributed by atoms with Gasteiger partial charge in [-0.2, -0.15) is 0 Å². The van der Waals surface area contributed by atoms with E-state index in [1.165, 1.54) is 19.3 Å². The number of hydrogen-bond donors (Lipinski definition) is 1. The van der Waals surface area contributed by atoms with Crippen molar-refractivity contribution in [3.8, 4) is 0 Å². The standard InChI is InChI=1S/C13H22N2S/c1-3-9-14-12(2)7-6-11-16-13-8-4-5-10-15-13/h4-5,8,10,12,14H,3,6-7,9,11H2,1-2H3. The van der Waals surface area contributed by atoms with Gasteiger partial charge < -0.3 is 5.32 Å². The zero-order chi connectivity index (χ0) is 11.6. The first kappa shape index (κ1) is 13.5. The first-order chi connectivity index (χ1) is 7.83. The number of nitrogens with zero attached hydrogens (tertiary/aromatic N) is 1. The van der Waals surface area contributed by atoms with Gasteiger partial charge in [-0.15, -0.1) is 11.8 Å². The predicted octanol–water partition coefficient (Wildman–Crippen LogP) is 3.34. The number of aromatic nitrogens is 1. The molecule has 2 nitrogen and oxygen atoms in total. The molecule has 0 aliphatic rings. The Balaban J connectivity index is 2.03. The molecule has 0 aromatic carbocycles. The predicted molar refractivity (Wildman–Crippen MR) is 72.0 cm³/mol. The summed E-state index contributed by atoms with van der Waals surface area (Å²) in [6, 6.07) is 6.72. The molecule has 16 heavy (non-hydrogen) atoms. The molecule has 3 heteroatoms. The van der Waals surface area contributed by atoms with Gasteiger partial charge in [0.05, 0.1) is 5.03 Å². The monoisotopic (exact) mass is 238 g/mol. The molecule has 0 spiro atoms. The largest absolute Gasteiger partial charge is 0.314 e. The van der Waals surface area contributed by atoms with Crippen LogP contribution in [0, 0.1) is 0 Å². The lowest BCUT2D eigenvalue weighted by atomic mass is 10.2. The number of nitrogens with one attached hydrogen (secondary N) is 1. The number of thioether (sulfide) groups is 1. The fourth-order valence-corrected chi connectivity index (χ4v) is 2.32. The quantitative estimate of drug-likeness (QED) is 0.555. The maximum atomic E-state index is 4.29. The van der Waals surface area contributed by atoms with Crippen LogP contribution in [0.25, 0.3) is 0 Å². The van der Waals surface area contributed by atoms with Crippen LogP contribution in [0.5, 0.6) is 0 Å². The van der Waals surface area contributed by atoms with E-state index in [1.54, 1.807) is 0 Å². The molecule has 1 N–H and O–H groups in total. The Morgan fingerprint density at radius 2 is 2.31 bits per heavy atom. The Kier molecular flexibility index (Phi) is 7.26. The molecule has 0 aliphatic carbocycles. The van der Waals surface area contributed by atoms with Crippen molar-refractivity contribution >= 4 is 11.8 Å². The highest BCUT2D eigenvalue weighted by Gasteiger charge is 2.00. The topological polar surface area (TPSA) is 24.9 Å². The summed E-state index contributed by atoms with van der Waals surface area (Å²) < 4.78 is 0. The summed E-state index contributed by atoms with van der Waals surface area (Å²) in [4.78, 5) is 4.29. The van der Waals surface area contributed by atoms with Crippen molar-refractivity contribution in [2.45, 2.75) is 44.2 Å². The van der Waals surface area contributed by atoms with E-state index >= 15 is 0 Å². The number of pyridine rings is 1. The lowest BCUT2D eigenvalue weighted by molar-refractivity contribution is 0.510. The van der Waals surface area contributed by atoms with E-state index in [-0.39, 0.29) is 0 Å². The zero-order valence-corrected chi connectivity index (χ0v) is 11.1. The maximum absolute atomic E-state index is 4.29. The third-order valence-electron chi connectivity index (χ3n) is 2.41. The molecular formula is C13H22N2S. The summed E-state index contributed by atoms with van der Waals surface area (Å²) in [7, 11) is 0. The molecule has 1 aromatic rings. The van der Waals surface area contributed by atoms with Crippen molar-refractivity contribution in [3.63, 3.8) is 0 Å². The molecule has 1 unspecified atom stereocenters. The van der Waals surface area contributed by atoms with Crippen molar-refractivity contribution in [1.82, 2.24) is 10.3 Å². The summed E-state index contributed by atoms with van der Waals surface area (Å²) in [6.07, 6.45) is 5.57. The molecule has 0 saturated carbocycles. The van der Waals surface area contributed by atoms with Crippen LogP contribution in [0.2, 0.25) is 0 Å². The summed E-state index contributed by atoms with van der Waals surface area (Å²) in [5.41, 5.74) is 0. The molecule has 0 amide bonds. The van der Waals surface area contributed by atoms with Gasteiger partial charge in [0.2, 0.25) is 0 Å². The average molecular weight is 238 g/mol. The molecule has 0 radical (unpaired) electrons. The van der Waals surface area contributed by atoms with E-state index in [9.17, 15) is 0 Å². The van der Waals surface area contributed by atoms with Crippen LogP contribution in [0.1, 0.15) is 33.1 Å². The second kappa shape index (κ2) is 8.59. The highest BCUT2D eigenvalue weighted by molar-refractivity contribution is 7.99. The van der Waals surface area contributed by atoms with Crippen LogP contribution in [0.4, 0.5) is 0 Å². The van der Waals surface area contributed by atoms with E-state index in [0.717, 1.165) is 17.3 Å². The van der Waals surface area contributed by atoms with Crippen LogP contribution < -0.4 is 5.32 Å². The summed E-state index contributed by atoms with van der Waals surface area (Å²) in [5.74, 6) is 1.16. The van der Waals surface area contributed by atoms with E-state index in [2.05, 4.69) is 30.2 Å². The SMILES string of the molecule is CCCNC(C)CCCSc1ccccn1. The lowest BCUT2D eigenvalue weighted by Crippen LogP contribution is -2.26. The molecule has 1 heterocycles. The first-order valence-corrected chi connectivity index (χ1v) is 7.08. The van der Waals surface area contributed by atoms with Gasteiger partial charge in [-0.05, 0) is 50.6 Å². The highest BCUT2D eigenvalue weighted by Crippen LogP contribution is 2.16. The molecule has 0 bridgehead atoms. The van der Waals surface area contributed by atoms with E-state index in [4.69, 9.17) is 0 Å². The zero-order valence-electron chi connectivity index (χ0n) is 10.3. The van der Waals surface area contributed by atoms with E-state index in [0.29, 0.717) is 6.04 Å². The molecule has 1 aromatic heterocycles. The van der Waals surface area contributed by atoms with Crippen LogP contribution in [0.15, 0.2) is 29.4 Å². The maximum Gasteiger partial charge on any atom is 0.0959 e. The normalized spacial score (nSPS) is 12.6. The van der Waals surface area contributed by atoms with E-state index < -0.39 is 0 Å². The smallest absolute Gasteiger partial charge is 0.0959 e. The van der Waals surface area contributed by atoms with Gasteiger partial charge in [0.15, 0.2) is 0 Å². The van der Waals surface area contributed by atoms with Crippen molar-refractivity contribution < 1.29 is 0 Å². The molecule has 0 fully saturated rings. The number of hydrogen-bond acceptors (Lipinski definition) is 3. The third kappa shape index (κ3) is 6.13. The minimum atomic E-state index is 0.643. The Labute approximate surface area is 103 Å². The molecule has 1 atom stereocenters. The van der Waals surface area contributed by atoms with Gasteiger partial charge in [-0.25, -0.2) is 4.98 Å². The van der Waals surface area contributed by atoms with Gasteiger partial charge >= 0.3 is 0 Å². The summed E-state index contributed by atoms with van der Waals surface area (Å²) in [5, 5.41) is 4.64. The first-order valence-electron chi connectivity index (χ1n) is 6.10. The Morgan fingerprint density at radius 3 is 3.00 bits per heavy atom. The fourth-order valence-electron chi connectivity index (χ4n) is 1.49. The van der Waals surface area contributed by atoms with E-state index in [1.807, 2.05) is 30.1 Å². The van der Waals surface area contributed by atoms with Crippen LogP contribution in [0.3, 0.4) is 0 Å². The second-order valence-corrected chi connectivity index (χ2v) is 5.13.